The molecule has 0 aromatic heterocycles. The van der Waals surface area contributed by atoms with E-state index in [-0.39, 0.29) is 5.97 Å². The second-order valence-electron chi connectivity index (χ2n) is 8.03. The number of allylic oxidation sites excluding steroid dienone is 2. The second kappa shape index (κ2) is 12.8. The van der Waals surface area contributed by atoms with E-state index in [1.165, 1.54) is 75.3 Å². The van der Waals surface area contributed by atoms with Crippen molar-refractivity contribution in [1.29, 1.82) is 0 Å². The quantitative estimate of drug-likeness (QED) is 0.214. The lowest BCUT2D eigenvalue weighted by molar-refractivity contribution is -0.134. The topological polar surface area (TPSA) is 26.3 Å². The molecule has 0 N–H and O–H groups in total. The van der Waals surface area contributed by atoms with Crippen molar-refractivity contribution in [3.8, 4) is 5.75 Å². The first kappa shape index (κ1) is 21.7. The van der Waals surface area contributed by atoms with Gasteiger partial charge in [-0.2, -0.15) is 0 Å². The van der Waals surface area contributed by atoms with Crippen molar-refractivity contribution < 1.29 is 9.53 Å². The minimum atomic E-state index is -0.103. The SMILES string of the molecule is CCCCCCCCC(=O)Oc1ccc(C2=CCC(CCCC)CC2)cc1. The molecule has 0 bridgehead atoms. The van der Waals surface area contributed by atoms with Crippen LogP contribution in [-0.2, 0) is 4.79 Å². The number of hydrogen-bond donors (Lipinski definition) is 0. The van der Waals surface area contributed by atoms with Crippen LogP contribution in [0.1, 0.15) is 103 Å². The Morgan fingerprint density at radius 1 is 0.963 bits per heavy atom. The van der Waals surface area contributed by atoms with Crippen LogP contribution in [0.3, 0.4) is 0 Å². The van der Waals surface area contributed by atoms with E-state index in [0.29, 0.717) is 12.2 Å². The lowest BCUT2D eigenvalue weighted by Crippen LogP contribution is -2.08. The summed E-state index contributed by atoms with van der Waals surface area (Å²) in [4.78, 5) is 12.0. The molecule has 0 saturated carbocycles. The smallest absolute Gasteiger partial charge is 0.311 e. The summed E-state index contributed by atoms with van der Waals surface area (Å²) in [7, 11) is 0. The molecular formula is C25H38O2. The van der Waals surface area contributed by atoms with Gasteiger partial charge in [-0.3, -0.25) is 4.79 Å². The monoisotopic (exact) mass is 370 g/mol. The molecule has 2 rings (SSSR count). The standard InChI is InChI=1S/C25H38O2/c1-3-5-7-8-9-10-12-25(26)27-24-19-17-23(18-20-24)22-15-13-21(14-16-22)11-6-4-2/h15,17-21H,3-14,16H2,1-2H3. The molecule has 2 nitrogen and oxygen atoms in total. The largest absolute Gasteiger partial charge is 0.427 e. The highest BCUT2D eigenvalue weighted by atomic mass is 16.5. The third kappa shape index (κ3) is 8.32. The molecular weight excluding hydrogens is 332 g/mol. The summed E-state index contributed by atoms with van der Waals surface area (Å²) >= 11 is 0. The first-order chi connectivity index (χ1) is 13.2. The Bertz CT molecular complexity index is 570. The molecule has 0 saturated heterocycles. The molecule has 1 aliphatic rings. The molecule has 2 heteroatoms. The Kier molecular flexibility index (Phi) is 10.3. The molecule has 1 aromatic carbocycles. The van der Waals surface area contributed by atoms with Gasteiger partial charge in [-0.05, 0) is 54.9 Å². The average molecular weight is 371 g/mol. The highest BCUT2D eigenvalue weighted by Crippen LogP contribution is 2.33. The Balaban J connectivity index is 1.72. The highest BCUT2D eigenvalue weighted by molar-refractivity contribution is 5.73. The summed E-state index contributed by atoms with van der Waals surface area (Å²) in [6.45, 7) is 4.49. The zero-order chi connectivity index (χ0) is 19.3. The minimum Gasteiger partial charge on any atom is -0.427 e. The molecule has 0 amide bonds. The van der Waals surface area contributed by atoms with Gasteiger partial charge in [0.05, 0.1) is 0 Å². The van der Waals surface area contributed by atoms with E-state index in [1.54, 1.807) is 0 Å². The first-order valence-electron chi connectivity index (χ1n) is 11.2. The zero-order valence-corrected chi connectivity index (χ0v) is 17.5. The zero-order valence-electron chi connectivity index (χ0n) is 17.5. The van der Waals surface area contributed by atoms with Crippen molar-refractivity contribution in [3.05, 3.63) is 35.9 Å². The Labute approximate surface area is 166 Å². The van der Waals surface area contributed by atoms with E-state index in [4.69, 9.17) is 4.74 Å². The fourth-order valence-corrected chi connectivity index (χ4v) is 3.87. The van der Waals surface area contributed by atoms with Crippen LogP contribution in [0.15, 0.2) is 30.3 Å². The molecule has 0 fully saturated rings. The van der Waals surface area contributed by atoms with E-state index in [0.717, 1.165) is 18.8 Å². The Hall–Kier alpha value is -1.57. The number of rotatable bonds is 12. The molecule has 0 aliphatic heterocycles. The third-order valence-electron chi connectivity index (χ3n) is 5.68. The highest BCUT2D eigenvalue weighted by Gasteiger charge is 2.15. The number of hydrogen-bond acceptors (Lipinski definition) is 2. The van der Waals surface area contributed by atoms with Gasteiger partial charge in [-0.1, -0.05) is 83.4 Å². The summed E-state index contributed by atoms with van der Waals surface area (Å²) in [5.74, 6) is 1.44. The van der Waals surface area contributed by atoms with Crippen LogP contribution in [0.5, 0.6) is 5.75 Å². The van der Waals surface area contributed by atoms with Crippen molar-refractivity contribution >= 4 is 11.5 Å². The molecule has 1 atom stereocenters. The van der Waals surface area contributed by atoms with E-state index < -0.39 is 0 Å². The van der Waals surface area contributed by atoms with Crippen LogP contribution in [0, 0.1) is 5.92 Å². The van der Waals surface area contributed by atoms with Gasteiger partial charge < -0.3 is 4.74 Å². The van der Waals surface area contributed by atoms with Gasteiger partial charge in [-0.25, -0.2) is 0 Å². The average Bonchev–Trinajstić information content (AvgIpc) is 2.70. The van der Waals surface area contributed by atoms with Crippen LogP contribution in [0.2, 0.25) is 0 Å². The van der Waals surface area contributed by atoms with Gasteiger partial charge in [0.2, 0.25) is 0 Å². The van der Waals surface area contributed by atoms with Crippen molar-refractivity contribution in [2.24, 2.45) is 5.92 Å². The van der Waals surface area contributed by atoms with Crippen LogP contribution in [0.4, 0.5) is 0 Å². The van der Waals surface area contributed by atoms with Gasteiger partial charge >= 0.3 is 5.97 Å². The molecule has 0 radical (unpaired) electrons. The first-order valence-corrected chi connectivity index (χ1v) is 11.2. The van der Waals surface area contributed by atoms with E-state index in [2.05, 4.69) is 32.1 Å². The van der Waals surface area contributed by atoms with Crippen molar-refractivity contribution in [1.82, 2.24) is 0 Å². The fourth-order valence-electron chi connectivity index (χ4n) is 3.87. The van der Waals surface area contributed by atoms with Crippen LogP contribution in [0.25, 0.3) is 5.57 Å². The van der Waals surface area contributed by atoms with E-state index in [1.807, 2.05) is 12.1 Å². The van der Waals surface area contributed by atoms with Gasteiger partial charge in [0.25, 0.3) is 0 Å². The Morgan fingerprint density at radius 3 is 2.33 bits per heavy atom. The molecule has 1 aliphatic carbocycles. The lowest BCUT2D eigenvalue weighted by atomic mass is 9.84. The summed E-state index contributed by atoms with van der Waals surface area (Å²) in [5, 5.41) is 0. The van der Waals surface area contributed by atoms with Crippen LogP contribution in [-0.4, -0.2) is 5.97 Å². The molecule has 0 heterocycles. The van der Waals surface area contributed by atoms with Gasteiger partial charge in [-0.15, -0.1) is 0 Å². The maximum atomic E-state index is 12.0. The summed E-state index contributed by atoms with van der Waals surface area (Å²) in [6.07, 6.45) is 17.8. The minimum absolute atomic E-state index is 0.103. The summed E-state index contributed by atoms with van der Waals surface area (Å²) < 4.78 is 5.49. The Morgan fingerprint density at radius 2 is 1.67 bits per heavy atom. The number of ether oxygens (including phenoxy) is 1. The molecule has 27 heavy (non-hydrogen) atoms. The van der Waals surface area contributed by atoms with Crippen molar-refractivity contribution in [3.63, 3.8) is 0 Å². The summed E-state index contributed by atoms with van der Waals surface area (Å²) in [6, 6.07) is 8.09. The van der Waals surface area contributed by atoms with Crippen molar-refractivity contribution in [2.45, 2.75) is 97.3 Å². The summed E-state index contributed by atoms with van der Waals surface area (Å²) in [5.41, 5.74) is 2.73. The van der Waals surface area contributed by atoms with Gasteiger partial charge in [0.15, 0.2) is 0 Å². The second-order valence-corrected chi connectivity index (χ2v) is 8.03. The van der Waals surface area contributed by atoms with E-state index >= 15 is 0 Å². The molecule has 1 aromatic rings. The lowest BCUT2D eigenvalue weighted by Gasteiger charge is -2.22. The predicted molar refractivity (Wildman–Crippen MR) is 115 cm³/mol. The van der Waals surface area contributed by atoms with Crippen LogP contribution < -0.4 is 4.74 Å². The van der Waals surface area contributed by atoms with E-state index in [9.17, 15) is 4.79 Å². The number of esters is 1. The van der Waals surface area contributed by atoms with Crippen LogP contribution >= 0.6 is 0 Å². The fraction of sp³-hybridized carbons (Fsp3) is 0.640. The normalized spacial score (nSPS) is 16.8. The predicted octanol–water partition coefficient (Wildman–Crippen LogP) is 7.72. The number of carbonyl (C=O) groups excluding carboxylic acids is 1. The maximum absolute atomic E-state index is 12.0. The third-order valence-corrected chi connectivity index (χ3v) is 5.68. The molecule has 0 spiro atoms. The van der Waals surface area contributed by atoms with Crippen molar-refractivity contribution in [2.75, 3.05) is 0 Å². The number of benzene rings is 1. The number of carbonyl (C=O) groups is 1. The molecule has 1 unspecified atom stereocenters. The molecule has 150 valence electrons. The maximum Gasteiger partial charge on any atom is 0.311 e. The van der Waals surface area contributed by atoms with Gasteiger partial charge in [0.1, 0.15) is 5.75 Å². The van der Waals surface area contributed by atoms with Gasteiger partial charge in [0, 0.05) is 6.42 Å². The number of unbranched alkanes of at least 4 members (excludes halogenated alkanes) is 6.